The summed E-state index contributed by atoms with van der Waals surface area (Å²) in [6, 6.07) is 0. The van der Waals surface area contributed by atoms with E-state index in [1.54, 1.807) is 14.0 Å². The summed E-state index contributed by atoms with van der Waals surface area (Å²) in [5.74, 6) is 0.880. The monoisotopic (exact) mass is 252 g/mol. The number of aliphatic hydroxyl groups is 1. The molecule has 1 saturated heterocycles. The van der Waals surface area contributed by atoms with Crippen LogP contribution in [0.5, 0.6) is 0 Å². The molecule has 0 spiro atoms. The van der Waals surface area contributed by atoms with Gasteiger partial charge < -0.3 is 10.0 Å². The van der Waals surface area contributed by atoms with Crippen LogP contribution in [0.4, 0.5) is 11.5 Å². The first-order chi connectivity index (χ1) is 8.42. The van der Waals surface area contributed by atoms with Gasteiger partial charge in [0.05, 0.1) is 18.0 Å². The molecule has 0 radical (unpaired) electrons. The highest BCUT2D eigenvalue weighted by molar-refractivity contribution is 5.63. The molecule has 0 aromatic carbocycles. The van der Waals surface area contributed by atoms with Gasteiger partial charge in [-0.25, -0.2) is 4.68 Å². The van der Waals surface area contributed by atoms with Gasteiger partial charge in [-0.05, 0) is 25.7 Å². The second-order valence-electron chi connectivity index (χ2n) is 5.37. The van der Waals surface area contributed by atoms with Crippen LogP contribution in [-0.4, -0.2) is 38.5 Å². The first-order valence-corrected chi connectivity index (χ1v) is 6.08. The highest BCUT2D eigenvalue weighted by Crippen LogP contribution is 2.47. The number of β-amino-alcohol motifs (C(OH)–C–C–N with tert-alkyl or cyclic N) is 1. The fraction of sp³-hybridized carbons (Fsp3) is 0.727. The third-order valence-corrected chi connectivity index (χ3v) is 3.91. The van der Waals surface area contributed by atoms with Crippen molar-refractivity contribution in [3.63, 3.8) is 0 Å². The van der Waals surface area contributed by atoms with Crippen LogP contribution < -0.4 is 4.90 Å². The predicted octanol–water partition coefficient (Wildman–Crippen LogP) is 0.598. The van der Waals surface area contributed by atoms with Crippen molar-refractivity contribution >= 4 is 11.5 Å². The van der Waals surface area contributed by atoms with E-state index in [0.29, 0.717) is 30.5 Å². The van der Waals surface area contributed by atoms with Crippen LogP contribution in [0.1, 0.15) is 18.5 Å². The van der Waals surface area contributed by atoms with Crippen LogP contribution in [-0.2, 0) is 7.05 Å². The highest BCUT2D eigenvalue weighted by atomic mass is 16.6. The maximum Gasteiger partial charge on any atom is 0.333 e. The van der Waals surface area contributed by atoms with E-state index < -0.39 is 10.5 Å². The summed E-state index contributed by atoms with van der Waals surface area (Å²) in [5, 5.41) is 25.4. The molecule has 1 N–H and O–H groups in total. The Bertz CT molecular complexity index is 515. The third-order valence-electron chi connectivity index (χ3n) is 3.91. The van der Waals surface area contributed by atoms with Crippen LogP contribution >= 0.6 is 0 Å². The Kier molecular flexibility index (Phi) is 2.19. The van der Waals surface area contributed by atoms with Gasteiger partial charge in [0.15, 0.2) is 0 Å². The van der Waals surface area contributed by atoms with Gasteiger partial charge in [-0.2, -0.15) is 5.10 Å². The average Bonchev–Trinajstić information content (AvgIpc) is 3.00. The fourth-order valence-electron chi connectivity index (χ4n) is 2.85. The van der Waals surface area contributed by atoms with Crippen LogP contribution in [0.2, 0.25) is 0 Å². The Labute approximate surface area is 104 Å². The smallest absolute Gasteiger partial charge is 0.333 e. The lowest BCUT2D eigenvalue weighted by atomic mass is 9.88. The molecule has 2 fully saturated rings. The van der Waals surface area contributed by atoms with E-state index in [9.17, 15) is 15.2 Å². The number of aromatic nitrogens is 2. The molecule has 98 valence electrons. The Morgan fingerprint density at radius 3 is 2.61 bits per heavy atom. The third kappa shape index (κ3) is 1.50. The second-order valence-corrected chi connectivity index (χ2v) is 5.37. The maximum atomic E-state index is 11.1. The number of nitrogens with zero attached hydrogens (tertiary/aromatic N) is 4. The van der Waals surface area contributed by atoms with Crippen molar-refractivity contribution in [1.29, 1.82) is 0 Å². The van der Waals surface area contributed by atoms with Crippen molar-refractivity contribution in [2.45, 2.75) is 25.4 Å². The van der Waals surface area contributed by atoms with Crippen LogP contribution in [0.3, 0.4) is 0 Å². The average molecular weight is 252 g/mol. The molecular weight excluding hydrogens is 236 g/mol. The fourth-order valence-corrected chi connectivity index (χ4v) is 2.85. The van der Waals surface area contributed by atoms with E-state index in [1.165, 1.54) is 4.68 Å². The van der Waals surface area contributed by atoms with E-state index in [1.807, 2.05) is 4.90 Å². The molecule has 0 amide bonds. The summed E-state index contributed by atoms with van der Waals surface area (Å²) < 4.78 is 1.53. The topological polar surface area (TPSA) is 84.4 Å². The number of rotatable bonds is 3. The molecule has 1 aliphatic carbocycles. The highest BCUT2D eigenvalue weighted by Gasteiger charge is 2.53. The number of anilines is 1. The molecule has 1 saturated carbocycles. The van der Waals surface area contributed by atoms with Gasteiger partial charge in [0.25, 0.3) is 0 Å². The van der Waals surface area contributed by atoms with Crippen molar-refractivity contribution in [3.05, 3.63) is 15.8 Å². The van der Waals surface area contributed by atoms with Crippen LogP contribution in [0.25, 0.3) is 0 Å². The van der Waals surface area contributed by atoms with E-state index in [0.717, 1.165) is 12.8 Å². The molecule has 3 rings (SSSR count). The van der Waals surface area contributed by atoms with Crippen molar-refractivity contribution < 1.29 is 10.0 Å². The summed E-state index contributed by atoms with van der Waals surface area (Å²) in [4.78, 5) is 12.5. The molecule has 2 heterocycles. The lowest BCUT2D eigenvalue weighted by molar-refractivity contribution is -0.384. The van der Waals surface area contributed by atoms with Crippen molar-refractivity contribution in [2.75, 3.05) is 18.0 Å². The first-order valence-electron chi connectivity index (χ1n) is 6.08. The summed E-state index contributed by atoms with van der Waals surface area (Å²) in [7, 11) is 1.70. The number of hydrogen-bond acceptors (Lipinski definition) is 5. The summed E-state index contributed by atoms with van der Waals surface area (Å²) in [6.45, 7) is 2.57. The summed E-state index contributed by atoms with van der Waals surface area (Å²) in [5.41, 5.74) is -0.179. The van der Waals surface area contributed by atoms with Gasteiger partial charge in [-0.1, -0.05) is 0 Å². The largest absolute Gasteiger partial charge is 0.386 e. The minimum absolute atomic E-state index is 0.0512. The molecular formula is C11H16N4O3. The molecule has 7 heteroatoms. The van der Waals surface area contributed by atoms with Crippen LogP contribution in [0.15, 0.2) is 0 Å². The zero-order valence-corrected chi connectivity index (χ0v) is 10.5. The minimum atomic E-state index is -0.647. The molecule has 2 aliphatic rings. The summed E-state index contributed by atoms with van der Waals surface area (Å²) >= 11 is 0. The second kappa shape index (κ2) is 3.44. The Hall–Kier alpha value is -1.63. The van der Waals surface area contributed by atoms with Crippen molar-refractivity contribution in [3.8, 4) is 0 Å². The predicted molar refractivity (Wildman–Crippen MR) is 64.5 cm³/mol. The zero-order valence-electron chi connectivity index (χ0n) is 10.5. The molecule has 0 bridgehead atoms. The van der Waals surface area contributed by atoms with Gasteiger partial charge in [0.1, 0.15) is 11.3 Å². The number of nitro groups is 1. The molecule has 7 nitrogen and oxygen atoms in total. The molecule has 0 unspecified atom stereocenters. The maximum absolute atomic E-state index is 11.1. The van der Waals surface area contributed by atoms with Gasteiger partial charge in [-0.3, -0.25) is 10.1 Å². The normalized spacial score (nSPS) is 21.8. The van der Waals surface area contributed by atoms with Gasteiger partial charge in [0, 0.05) is 7.05 Å². The summed E-state index contributed by atoms with van der Waals surface area (Å²) in [6.07, 6.45) is 2.13. The number of hydrogen-bond donors (Lipinski definition) is 1. The Morgan fingerprint density at radius 2 is 2.11 bits per heavy atom. The zero-order chi connectivity index (χ0) is 13.1. The molecule has 1 aliphatic heterocycles. The SMILES string of the molecule is Cc1nn(C)c(N2CC(O)(C3CC3)C2)c1[N+](=O)[O-]. The first kappa shape index (κ1) is 11.5. The number of aryl methyl sites for hydroxylation is 2. The van der Waals surface area contributed by atoms with Gasteiger partial charge >= 0.3 is 5.69 Å². The van der Waals surface area contributed by atoms with E-state index >= 15 is 0 Å². The van der Waals surface area contributed by atoms with E-state index in [-0.39, 0.29) is 5.69 Å². The van der Waals surface area contributed by atoms with Crippen LogP contribution in [0, 0.1) is 23.0 Å². The lowest BCUT2D eigenvalue weighted by Crippen LogP contribution is -2.63. The Morgan fingerprint density at radius 1 is 1.50 bits per heavy atom. The van der Waals surface area contributed by atoms with Crippen molar-refractivity contribution in [1.82, 2.24) is 9.78 Å². The van der Waals surface area contributed by atoms with Gasteiger partial charge in [0.2, 0.25) is 5.82 Å². The molecule has 1 aromatic heterocycles. The molecule has 0 atom stereocenters. The molecule has 1 aromatic rings. The van der Waals surface area contributed by atoms with E-state index in [2.05, 4.69) is 5.10 Å². The van der Waals surface area contributed by atoms with E-state index in [4.69, 9.17) is 0 Å². The molecule has 18 heavy (non-hydrogen) atoms. The lowest BCUT2D eigenvalue weighted by Gasteiger charge is -2.47. The Balaban J connectivity index is 1.87. The standard InChI is InChI=1S/C11H16N4O3/c1-7-9(15(17)18)10(13(2)12-7)14-5-11(16,6-14)8-3-4-8/h8,16H,3-6H2,1-2H3. The van der Waals surface area contributed by atoms with Crippen molar-refractivity contribution in [2.24, 2.45) is 13.0 Å². The minimum Gasteiger partial charge on any atom is -0.386 e. The quantitative estimate of drug-likeness (QED) is 0.629. The van der Waals surface area contributed by atoms with Gasteiger partial charge in [-0.15, -0.1) is 0 Å².